The van der Waals surface area contributed by atoms with E-state index in [4.69, 9.17) is 9.47 Å². The fourth-order valence-corrected chi connectivity index (χ4v) is 5.05. The SMILES string of the molecule is CCCCCCOc1ccc(C2CCC(C(=O)Oc3ccc(-c4ccc(C)cc4)c(F)c3F)CC2)c(F)c1. The van der Waals surface area contributed by atoms with Crippen molar-refractivity contribution in [2.24, 2.45) is 5.92 Å². The van der Waals surface area contributed by atoms with E-state index in [0.717, 1.165) is 24.8 Å². The summed E-state index contributed by atoms with van der Waals surface area (Å²) in [6.07, 6.45) is 6.57. The number of rotatable bonds is 10. The van der Waals surface area contributed by atoms with Crippen LogP contribution in [-0.4, -0.2) is 12.6 Å². The number of unbranched alkanes of at least 4 members (excludes halogenated alkanes) is 3. The van der Waals surface area contributed by atoms with E-state index < -0.39 is 29.3 Å². The van der Waals surface area contributed by atoms with E-state index in [1.807, 2.05) is 19.1 Å². The smallest absolute Gasteiger partial charge is 0.314 e. The van der Waals surface area contributed by atoms with Gasteiger partial charge in [0.05, 0.1) is 12.5 Å². The lowest BCUT2D eigenvalue weighted by Crippen LogP contribution is -2.25. The molecule has 0 heterocycles. The second kappa shape index (κ2) is 13.0. The quantitative estimate of drug-likeness (QED) is 0.151. The zero-order valence-electron chi connectivity index (χ0n) is 22.1. The molecular formula is C32H35F3O3. The Hall–Kier alpha value is -3.28. The van der Waals surface area contributed by atoms with E-state index in [1.165, 1.54) is 24.6 Å². The molecule has 0 saturated heterocycles. The van der Waals surface area contributed by atoms with Crippen LogP contribution in [-0.2, 0) is 4.79 Å². The Morgan fingerprint density at radius 1 is 0.868 bits per heavy atom. The van der Waals surface area contributed by atoms with Gasteiger partial charge in [-0.15, -0.1) is 0 Å². The maximum absolute atomic E-state index is 14.8. The monoisotopic (exact) mass is 524 g/mol. The summed E-state index contributed by atoms with van der Waals surface area (Å²) in [7, 11) is 0. The predicted molar refractivity (Wildman–Crippen MR) is 143 cm³/mol. The zero-order valence-corrected chi connectivity index (χ0v) is 22.1. The Balaban J connectivity index is 1.32. The lowest BCUT2D eigenvalue weighted by Gasteiger charge is -2.28. The molecule has 38 heavy (non-hydrogen) atoms. The molecule has 0 N–H and O–H groups in total. The molecule has 1 saturated carbocycles. The number of hydrogen-bond acceptors (Lipinski definition) is 3. The first-order valence-electron chi connectivity index (χ1n) is 13.6. The van der Waals surface area contributed by atoms with Gasteiger partial charge >= 0.3 is 5.97 Å². The van der Waals surface area contributed by atoms with Crippen molar-refractivity contribution in [2.45, 2.75) is 71.1 Å². The molecule has 6 heteroatoms. The normalized spacial score (nSPS) is 17.3. The highest BCUT2D eigenvalue weighted by Crippen LogP contribution is 2.39. The third-order valence-electron chi connectivity index (χ3n) is 7.36. The maximum Gasteiger partial charge on any atom is 0.314 e. The molecule has 1 aliphatic rings. The van der Waals surface area contributed by atoms with Crippen LogP contribution < -0.4 is 9.47 Å². The van der Waals surface area contributed by atoms with Crippen molar-refractivity contribution in [1.29, 1.82) is 0 Å². The summed E-state index contributed by atoms with van der Waals surface area (Å²) in [6.45, 7) is 4.64. The van der Waals surface area contributed by atoms with Crippen molar-refractivity contribution in [3.8, 4) is 22.6 Å². The van der Waals surface area contributed by atoms with Gasteiger partial charge in [-0.2, -0.15) is 4.39 Å². The Morgan fingerprint density at radius 3 is 2.29 bits per heavy atom. The molecule has 0 spiro atoms. The Labute approximate surface area is 223 Å². The largest absolute Gasteiger partial charge is 0.493 e. The summed E-state index contributed by atoms with van der Waals surface area (Å²) >= 11 is 0. The van der Waals surface area contributed by atoms with Crippen LogP contribution in [0.1, 0.15) is 75.3 Å². The number of hydrogen-bond donors (Lipinski definition) is 0. The summed E-state index contributed by atoms with van der Waals surface area (Å²) < 4.78 is 55.3. The van der Waals surface area contributed by atoms with Crippen LogP contribution >= 0.6 is 0 Å². The van der Waals surface area contributed by atoms with Gasteiger partial charge in [0.2, 0.25) is 5.82 Å². The maximum atomic E-state index is 14.8. The summed E-state index contributed by atoms with van der Waals surface area (Å²) in [5.74, 6) is -3.46. The van der Waals surface area contributed by atoms with Crippen LogP contribution in [0.15, 0.2) is 54.6 Å². The van der Waals surface area contributed by atoms with E-state index in [-0.39, 0.29) is 17.3 Å². The molecule has 0 amide bonds. The summed E-state index contributed by atoms with van der Waals surface area (Å²) in [4.78, 5) is 12.7. The van der Waals surface area contributed by atoms with Gasteiger partial charge in [0.25, 0.3) is 0 Å². The van der Waals surface area contributed by atoms with Crippen molar-refractivity contribution in [3.05, 3.63) is 83.2 Å². The molecule has 4 rings (SSSR count). The van der Waals surface area contributed by atoms with E-state index in [2.05, 4.69) is 6.92 Å². The van der Waals surface area contributed by atoms with Gasteiger partial charge in [0, 0.05) is 11.6 Å². The molecule has 202 valence electrons. The minimum atomic E-state index is -1.18. The molecular weight excluding hydrogens is 489 g/mol. The third-order valence-corrected chi connectivity index (χ3v) is 7.36. The second-order valence-corrected chi connectivity index (χ2v) is 10.2. The number of aryl methyl sites for hydroxylation is 1. The standard InChI is InChI=1S/C32H35F3O3/c1-3-4-5-6-19-37-25-15-16-26(28(33)20-25)22-11-13-24(14-12-22)32(36)38-29-18-17-27(30(34)31(29)35)23-9-7-21(2)8-10-23/h7-10,15-18,20,22,24H,3-6,11-14,19H2,1-2H3. The first kappa shape index (κ1) is 27.7. The highest BCUT2D eigenvalue weighted by molar-refractivity contribution is 5.76. The van der Waals surface area contributed by atoms with Crippen molar-refractivity contribution in [3.63, 3.8) is 0 Å². The van der Waals surface area contributed by atoms with Crippen molar-refractivity contribution >= 4 is 5.97 Å². The third kappa shape index (κ3) is 6.77. The van der Waals surface area contributed by atoms with E-state index >= 15 is 0 Å². The molecule has 0 aromatic heterocycles. The van der Waals surface area contributed by atoms with E-state index in [0.29, 0.717) is 49.2 Å². The van der Waals surface area contributed by atoms with Gasteiger partial charge in [0.15, 0.2) is 11.6 Å². The average Bonchev–Trinajstić information content (AvgIpc) is 2.92. The first-order valence-corrected chi connectivity index (χ1v) is 13.6. The predicted octanol–water partition coefficient (Wildman–Crippen LogP) is 8.92. The molecule has 1 aliphatic carbocycles. The summed E-state index contributed by atoms with van der Waals surface area (Å²) in [5, 5.41) is 0. The minimum absolute atomic E-state index is 0.0133. The second-order valence-electron chi connectivity index (χ2n) is 10.2. The van der Waals surface area contributed by atoms with Gasteiger partial charge in [-0.25, -0.2) is 8.78 Å². The van der Waals surface area contributed by atoms with E-state index in [1.54, 1.807) is 24.3 Å². The number of carbonyl (C=O) groups is 1. The fraction of sp³-hybridized carbons (Fsp3) is 0.406. The minimum Gasteiger partial charge on any atom is -0.493 e. The van der Waals surface area contributed by atoms with Crippen LogP contribution in [0.25, 0.3) is 11.1 Å². The Morgan fingerprint density at radius 2 is 1.61 bits per heavy atom. The van der Waals surface area contributed by atoms with Crippen molar-refractivity contribution in [2.75, 3.05) is 6.61 Å². The molecule has 3 nitrogen and oxygen atoms in total. The van der Waals surface area contributed by atoms with E-state index in [9.17, 15) is 18.0 Å². The zero-order chi connectivity index (χ0) is 27.1. The van der Waals surface area contributed by atoms with Crippen LogP contribution in [0.2, 0.25) is 0 Å². The number of esters is 1. The molecule has 0 bridgehead atoms. The number of halogens is 3. The number of ether oxygens (including phenoxy) is 2. The Kier molecular flexibility index (Phi) is 9.48. The molecule has 0 aliphatic heterocycles. The number of benzene rings is 3. The van der Waals surface area contributed by atoms with Crippen molar-refractivity contribution < 1.29 is 27.4 Å². The number of carbonyl (C=O) groups excluding carboxylic acids is 1. The lowest BCUT2D eigenvalue weighted by atomic mass is 9.78. The first-order chi connectivity index (χ1) is 18.4. The molecule has 1 fully saturated rings. The topological polar surface area (TPSA) is 35.5 Å². The molecule has 0 radical (unpaired) electrons. The van der Waals surface area contributed by atoms with Crippen LogP contribution in [0.4, 0.5) is 13.2 Å². The van der Waals surface area contributed by atoms with Gasteiger partial charge in [-0.05, 0) is 74.3 Å². The molecule has 3 aromatic carbocycles. The van der Waals surface area contributed by atoms with Crippen LogP contribution in [0, 0.1) is 30.3 Å². The Bertz CT molecular complexity index is 1230. The summed E-state index contributed by atoms with van der Waals surface area (Å²) in [6, 6.07) is 14.8. The molecule has 0 unspecified atom stereocenters. The molecule has 0 atom stereocenters. The average molecular weight is 525 g/mol. The van der Waals surface area contributed by atoms with Gasteiger partial charge < -0.3 is 9.47 Å². The summed E-state index contributed by atoms with van der Waals surface area (Å²) in [5.41, 5.74) is 2.28. The fourth-order valence-electron chi connectivity index (χ4n) is 5.05. The van der Waals surface area contributed by atoms with Gasteiger partial charge in [-0.1, -0.05) is 62.1 Å². The van der Waals surface area contributed by atoms with Crippen LogP contribution in [0.3, 0.4) is 0 Å². The highest BCUT2D eigenvalue weighted by atomic mass is 19.2. The highest BCUT2D eigenvalue weighted by Gasteiger charge is 2.30. The lowest BCUT2D eigenvalue weighted by molar-refractivity contribution is -0.140. The van der Waals surface area contributed by atoms with Crippen LogP contribution in [0.5, 0.6) is 11.5 Å². The van der Waals surface area contributed by atoms with Crippen molar-refractivity contribution in [1.82, 2.24) is 0 Å². The molecule has 3 aromatic rings. The van der Waals surface area contributed by atoms with Gasteiger partial charge in [-0.3, -0.25) is 4.79 Å². The van der Waals surface area contributed by atoms with Gasteiger partial charge in [0.1, 0.15) is 11.6 Å².